The van der Waals surface area contributed by atoms with E-state index in [1.165, 1.54) is 0 Å². The average molecular weight is 287 g/mol. The summed E-state index contributed by atoms with van der Waals surface area (Å²) in [6, 6.07) is 8.41. The van der Waals surface area contributed by atoms with Crippen LogP contribution in [0.5, 0.6) is 0 Å². The molecule has 2 atom stereocenters. The standard InChI is InChI=1S/C16H21N3O2/c1-2-15-11-13(7-10-21-15)18-12-3-5-14(6-4-12)19-9-8-17-16(19)20/h3-6,8-9,13,15,18H,2,7,10-11H2,1H3,(H,17,20). The number of aromatic amines is 1. The molecule has 1 aromatic heterocycles. The maximum absolute atomic E-state index is 11.6. The van der Waals surface area contributed by atoms with Crippen LogP contribution in [0.25, 0.3) is 5.69 Å². The summed E-state index contributed by atoms with van der Waals surface area (Å²) in [7, 11) is 0. The van der Waals surface area contributed by atoms with Crippen LogP contribution in [-0.2, 0) is 4.74 Å². The summed E-state index contributed by atoms with van der Waals surface area (Å²) in [4.78, 5) is 14.2. The minimum Gasteiger partial charge on any atom is -0.382 e. The molecule has 1 saturated heterocycles. The number of nitrogens with one attached hydrogen (secondary N) is 2. The normalized spacial score (nSPS) is 22.1. The SMILES string of the molecule is CCC1CC(Nc2ccc(-n3cc[nH]c3=O)cc2)CCO1. The van der Waals surface area contributed by atoms with Gasteiger partial charge in [-0.1, -0.05) is 6.92 Å². The molecule has 5 nitrogen and oxygen atoms in total. The van der Waals surface area contributed by atoms with Crippen molar-refractivity contribution < 1.29 is 4.74 Å². The van der Waals surface area contributed by atoms with E-state index in [1.54, 1.807) is 17.0 Å². The smallest absolute Gasteiger partial charge is 0.330 e. The molecule has 2 aromatic rings. The lowest BCUT2D eigenvalue weighted by Crippen LogP contribution is -2.33. The highest BCUT2D eigenvalue weighted by molar-refractivity contribution is 5.49. The molecule has 0 amide bonds. The first-order valence-electron chi connectivity index (χ1n) is 7.51. The fourth-order valence-electron chi connectivity index (χ4n) is 2.77. The molecule has 3 rings (SSSR count). The zero-order valence-corrected chi connectivity index (χ0v) is 12.2. The van der Waals surface area contributed by atoms with Crippen LogP contribution in [0.3, 0.4) is 0 Å². The molecule has 0 bridgehead atoms. The van der Waals surface area contributed by atoms with Gasteiger partial charge in [0.05, 0.1) is 11.8 Å². The van der Waals surface area contributed by atoms with Crippen molar-refractivity contribution in [1.82, 2.24) is 9.55 Å². The number of benzene rings is 1. The van der Waals surface area contributed by atoms with E-state index in [-0.39, 0.29) is 5.69 Å². The first-order chi connectivity index (χ1) is 10.3. The van der Waals surface area contributed by atoms with Gasteiger partial charge in [0.2, 0.25) is 0 Å². The zero-order valence-electron chi connectivity index (χ0n) is 12.2. The molecule has 0 spiro atoms. The van der Waals surface area contributed by atoms with Crippen LogP contribution in [0.2, 0.25) is 0 Å². The van der Waals surface area contributed by atoms with Gasteiger partial charge in [-0.05, 0) is 43.5 Å². The second kappa shape index (κ2) is 6.18. The molecule has 2 heterocycles. The molecule has 1 aliphatic heterocycles. The van der Waals surface area contributed by atoms with Gasteiger partial charge >= 0.3 is 5.69 Å². The molecule has 112 valence electrons. The molecule has 2 unspecified atom stereocenters. The van der Waals surface area contributed by atoms with Gasteiger partial charge in [0.15, 0.2) is 0 Å². The van der Waals surface area contributed by atoms with E-state index in [4.69, 9.17) is 4.74 Å². The average Bonchev–Trinajstić information content (AvgIpc) is 2.94. The van der Waals surface area contributed by atoms with Crippen molar-refractivity contribution in [2.75, 3.05) is 11.9 Å². The Kier molecular flexibility index (Phi) is 4.10. The number of rotatable bonds is 4. The van der Waals surface area contributed by atoms with Crippen LogP contribution in [-0.4, -0.2) is 28.3 Å². The minimum atomic E-state index is -0.120. The van der Waals surface area contributed by atoms with Crippen LogP contribution >= 0.6 is 0 Å². The lowest BCUT2D eigenvalue weighted by Gasteiger charge is -2.30. The molecule has 5 heteroatoms. The topological polar surface area (TPSA) is 59.0 Å². The van der Waals surface area contributed by atoms with Crippen molar-refractivity contribution in [2.45, 2.75) is 38.3 Å². The molecule has 0 aliphatic carbocycles. The van der Waals surface area contributed by atoms with E-state index < -0.39 is 0 Å². The Morgan fingerprint density at radius 3 is 2.86 bits per heavy atom. The summed E-state index contributed by atoms with van der Waals surface area (Å²) >= 11 is 0. The van der Waals surface area contributed by atoms with Gasteiger partial charge in [0, 0.05) is 30.7 Å². The molecule has 21 heavy (non-hydrogen) atoms. The number of ether oxygens (including phenoxy) is 1. The Bertz CT molecular complexity index is 629. The number of anilines is 1. The lowest BCUT2D eigenvalue weighted by molar-refractivity contribution is 0.00926. The summed E-state index contributed by atoms with van der Waals surface area (Å²) in [5.74, 6) is 0. The third-order valence-electron chi connectivity index (χ3n) is 3.99. The monoisotopic (exact) mass is 287 g/mol. The highest BCUT2D eigenvalue weighted by atomic mass is 16.5. The lowest BCUT2D eigenvalue weighted by atomic mass is 10.0. The first kappa shape index (κ1) is 13.9. The molecule has 1 fully saturated rings. The van der Waals surface area contributed by atoms with Crippen LogP contribution in [0.4, 0.5) is 5.69 Å². The van der Waals surface area contributed by atoms with Crippen molar-refractivity contribution in [3.63, 3.8) is 0 Å². The van der Waals surface area contributed by atoms with E-state index in [1.807, 2.05) is 24.3 Å². The number of H-pyrrole nitrogens is 1. The Morgan fingerprint density at radius 2 is 2.19 bits per heavy atom. The van der Waals surface area contributed by atoms with Crippen LogP contribution < -0.4 is 11.0 Å². The largest absolute Gasteiger partial charge is 0.382 e. The van der Waals surface area contributed by atoms with Crippen molar-refractivity contribution in [2.24, 2.45) is 0 Å². The quantitative estimate of drug-likeness (QED) is 0.908. The van der Waals surface area contributed by atoms with Crippen LogP contribution in [0, 0.1) is 0 Å². The van der Waals surface area contributed by atoms with Crippen molar-refractivity contribution in [3.05, 3.63) is 47.1 Å². The molecule has 0 saturated carbocycles. The van der Waals surface area contributed by atoms with Crippen molar-refractivity contribution in [1.29, 1.82) is 0 Å². The Labute approximate surface area is 124 Å². The molecule has 1 aromatic carbocycles. The molecule has 1 aliphatic rings. The second-order valence-corrected chi connectivity index (χ2v) is 5.45. The predicted molar refractivity (Wildman–Crippen MR) is 83.1 cm³/mol. The second-order valence-electron chi connectivity index (χ2n) is 5.45. The highest BCUT2D eigenvalue weighted by Crippen LogP contribution is 2.21. The van der Waals surface area contributed by atoms with Crippen LogP contribution in [0.15, 0.2) is 41.5 Å². The summed E-state index contributed by atoms with van der Waals surface area (Å²) in [5.41, 5.74) is 1.83. The van der Waals surface area contributed by atoms with Crippen LogP contribution in [0.1, 0.15) is 26.2 Å². The highest BCUT2D eigenvalue weighted by Gasteiger charge is 2.20. The number of hydrogen-bond donors (Lipinski definition) is 2. The summed E-state index contributed by atoms with van der Waals surface area (Å²) < 4.78 is 7.28. The number of hydrogen-bond acceptors (Lipinski definition) is 3. The Morgan fingerprint density at radius 1 is 1.38 bits per heavy atom. The molecule has 0 radical (unpaired) electrons. The molecular formula is C16H21N3O2. The van der Waals surface area contributed by atoms with Gasteiger partial charge in [-0.15, -0.1) is 0 Å². The molecular weight excluding hydrogens is 266 g/mol. The Hall–Kier alpha value is -2.01. The third-order valence-corrected chi connectivity index (χ3v) is 3.99. The first-order valence-corrected chi connectivity index (χ1v) is 7.51. The molecule has 2 N–H and O–H groups in total. The van der Waals surface area contributed by atoms with Gasteiger partial charge in [-0.25, -0.2) is 4.79 Å². The van der Waals surface area contributed by atoms with E-state index in [2.05, 4.69) is 17.2 Å². The van der Waals surface area contributed by atoms with E-state index in [0.717, 1.165) is 37.2 Å². The van der Waals surface area contributed by atoms with Crippen molar-refractivity contribution >= 4 is 5.69 Å². The summed E-state index contributed by atoms with van der Waals surface area (Å²) in [6.45, 7) is 2.99. The van der Waals surface area contributed by atoms with E-state index in [9.17, 15) is 4.79 Å². The van der Waals surface area contributed by atoms with Gasteiger partial charge in [0.1, 0.15) is 0 Å². The third kappa shape index (κ3) is 3.19. The predicted octanol–water partition coefficient (Wildman–Crippen LogP) is 2.54. The number of nitrogens with zero attached hydrogens (tertiary/aromatic N) is 1. The van der Waals surface area contributed by atoms with E-state index in [0.29, 0.717) is 12.1 Å². The van der Waals surface area contributed by atoms with Gasteiger partial charge in [-0.3, -0.25) is 4.57 Å². The van der Waals surface area contributed by atoms with E-state index >= 15 is 0 Å². The summed E-state index contributed by atoms with van der Waals surface area (Å²) in [5, 5.41) is 3.56. The fraction of sp³-hybridized carbons (Fsp3) is 0.438. The summed E-state index contributed by atoms with van der Waals surface area (Å²) in [6.07, 6.45) is 6.89. The maximum atomic E-state index is 11.6. The minimum absolute atomic E-state index is 0.120. The van der Waals surface area contributed by atoms with Gasteiger partial charge in [0.25, 0.3) is 0 Å². The number of aromatic nitrogens is 2. The Balaban J connectivity index is 1.67. The fourth-order valence-corrected chi connectivity index (χ4v) is 2.77. The van der Waals surface area contributed by atoms with Gasteiger partial charge < -0.3 is 15.0 Å². The maximum Gasteiger partial charge on any atom is 0.330 e. The van der Waals surface area contributed by atoms with Gasteiger partial charge in [-0.2, -0.15) is 0 Å². The van der Waals surface area contributed by atoms with Crippen molar-refractivity contribution in [3.8, 4) is 5.69 Å². The zero-order chi connectivity index (χ0) is 14.7. The number of imidazole rings is 1.